The molecule has 2 aromatic rings. The Hall–Kier alpha value is -1.30. The predicted molar refractivity (Wildman–Crippen MR) is 90.8 cm³/mol. The van der Waals surface area contributed by atoms with Crippen LogP contribution in [-0.4, -0.2) is 34.0 Å². The summed E-state index contributed by atoms with van der Waals surface area (Å²) in [6, 6.07) is 2.86. The highest BCUT2D eigenvalue weighted by molar-refractivity contribution is 7.10. The third-order valence-electron chi connectivity index (χ3n) is 4.38. The maximum absolute atomic E-state index is 4.17. The van der Waals surface area contributed by atoms with E-state index in [9.17, 15) is 0 Å². The summed E-state index contributed by atoms with van der Waals surface area (Å²) in [5, 5.41) is 5.71. The van der Waals surface area contributed by atoms with Gasteiger partial charge in [0.1, 0.15) is 6.33 Å². The van der Waals surface area contributed by atoms with Crippen molar-refractivity contribution in [1.29, 1.82) is 0 Å². The standard InChI is InChI=1S/C17H24N4S/c1-14-5-8-22-17(14)12-21(11-15-9-19-13-20-10-15)16-3-2-6-18-7-4-16/h5,8-10,13,16,18H,2-4,6-7,11-12H2,1H3/t16-/m0/s1. The molecule has 2 aromatic heterocycles. The van der Waals surface area contributed by atoms with E-state index in [1.165, 1.54) is 35.3 Å². The number of nitrogens with zero attached hydrogens (tertiary/aromatic N) is 3. The molecule has 3 rings (SSSR count). The summed E-state index contributed by atoms with van der Waals surface area (Å²) in [5.41, 5.74) is 2.61. The van der Waals surface area contributed by atoms with E-state index in [0.29, 0.717) is 6.04 Å². The van der Waals surface area contributed by atoms with E-state index in [2.05, 4.69) is 38.6 Å². The van der Waals surface area contributed by atoms with Crippen molar-refractivity contribution in [2.75, 3.05) is 13.1 Å². The fraction of sp³-hybridized carbons (Fsp3) is 0.529. The van der Waals surface area contributed by atoms with Crippen LogP contribution in [0.4, 0.5) is 0 Å². The molecule has 0 saturated carbocycles. The van der Waals surface area contributed by atoms with Gasteiger partial charge in [0.05, 0.1) is 0 Å². The van der Waals surface area contributed by atoms with Gasteiger partial charge in [0.2, 0.25) is 0 Å². The number of aromatic nitrogens is 2. The second kappa shape index (κ2) is 7.81. The summed E-state index contributed by atoms with van der Waals surface area (Å²) in [4.78, 5) is 12.4. The molecular formula is C17H24N4S. The van der Waals surface area contributed by atoms with Gasteiger partial charge < -0.3 is 5.32 Å². The molecule has 1 aliphatic rings. The normalized spacial score (nSPS) is 19.3. The number of hydrogen-bond acceptors (Lipinski definition) is 5. The van der Waals surface area contributed by atoms with Crippen LogP contribution in [0.2, 0.25) is 0 Å². The fourth-order valence-corrected chi connectivity index (χ4v) is 4.01. The van der Waals surface area contributed by atoms with Gasteiger partial charge in [-0.25, -0.2) is 9.97 Å². The summed E-state index contributed by atoms with van der Waals surface area (Å²) < 4.78 is 0. The minimum absolute atomic E-state index is 0.636. The molecule has 1 fully saturated rings. The second-order valence-corrected chi connectivity index (χ2v) is 7.01. The first-order valence-corrected chi connectivity index (χ1v) is 8.92. The molecule has 0 spiro atoms. The first-order valence-electron chi connectivity index (χ1n) is 8.04. The Morgan fingerprint density at radius 3 is 2.86 bits per heavy atom. The lowest BCUT2D eigenvalue weighted by Crippen LogP contribution is -2.35. The number of hydrogen-bond donors (Lipinski definition) is 1. The summed E-state index contributed by atoms with van der Waals surface area (Å²) in [5.74, 6) is 0. The Morgan fingerprint density at radius 1 is 1.23 bits per heavy atom. The molecule has 3 heterocycles. The Kier molecular flexibility index (Phi) is 5.53. The zero-order chi connectivity index (χ0) is 15.2. The van der Waals surface area contributed by atoms with E-state index in [0.717, 1.165) is 26.2 Å². The van der Waals surface area contributed by atoms with Crippen LogP contribution >= 0.6 is 11.3 Å². The highest BCUT2D eigenvalue weighted by Crippen LogP contribution is 2.23. The lowest BCUT2D eigenvalue weighted by atomic mass is 10.1. The smallest absolute Gasteiger partial charge is 0.115 e. The third-order valence-corrected chi connectivity index (χ3v) is 5.38. The Bertz CT molecular complexity index is 561. The van der Waals surface area contributed by atoms with Gasteiger partial charge in [-0.05, 0) is 56.3 Å². The molecule has 0 amide bonds. The largest absolute Gasteiger partial charge is 0.317 e. The number of aryl methyl sites for hydroxylation is 1. The summed E-state index contributed by atoms with van der Waals surface area (Å²) in [6.45, 7) is 6.45. The maximum Gasteiger partial charge on any atom is 0.115 e. The van der Waals surface area contributed by atoms with Crippen LogP contribution in [-0.2, 0) is 13.1 Å². The summed E-state index contributed by atoms with van der Waals surface area (Å²) in [7, 11) is 0. The molecule has 0 radical (unpaired) electrons. The molecule has 1 N–H and O–H groups in total. The topological polar surface area (TPSA) is 41.1 Å². The van der Waals surface area contributed by atoms with E-state index >= 15 is 0 Å². The van der Waals surface area contributed by atoms with E-state index in [1.807, 2.05) is 23.7 Å². The molecule has 5 heteroatoms. The van der Waals surface area contributed by atoms with E-state index in [-0.39, 0.29) is 0 Å². The third kappa shape index (κ3) is 4.12. The second-order valence-electron chi connectivity index (χ2n) is 6.01. The molecule has 118 valence electrons. The SMILES string of the molecule is Cc1ccsc1CN(Cc1cncnc1)[C@H]1CCCNCC1. The molecule has 0 unspecified atom stereocenters. The van der Waals surface area contributed by atoms with Crippen molar-refractivity contribution in [2.45, 2.75) is 45.3 Å². The molecule has 1 aliphatic heterocycles. The zero-order valence-corrected chi connectivity index (χ0v) is 14.0. The Labute approximate surface area is 136 Å². The molecule has 1 atom stereocenters. The fourth-order valence-electron chi connectivity index (χ4n) is 3.08. The van der Waals surface area contributed by atoms with Crippen molar-refractivity contribution in [3.05, 3.63) is 46.2 Å². The maximum atomic E-state index is 4.17. The lowest BCUT2D eigenvalue weighted by Gasteiger charge is -2.30. The van der Waals surface area contributed by atoms with Crippen LogP contribution < -0.4 is 5.32 Å². The van der Waals surface area contributed by atoms with Gasteiger partial charge >= 0.3 is 0 Å². The van der Waals surface area contributed by atoms with E-state index < -0.39 is 0 Å². The van der Waals surface area contributed by atoms with Gasteiger partial charge in [0.25, 0.3) is 0 Å². The summed E-state index contributed by atoms with van der Waals surface area (Å²) in [6.07, 6.45) is 9.23. The van der Waals surface area contributed by atoms with Gasteiger partial charge in [-0.3, -0.25) is 4.90 Å². The minimum Gasteiger partial charge on any atom is -0.317 e. The minimum atomic E-state index is 0.636. The molecule has 0 aromatic carbocycles. The van der Waals surface area contributed by atoms with Crippen LogP contribution in [0.5, 0.6) is 0 Å². The van der Waals surface area contributed by atoms with Crippen LogP contribution in [0.3, 0.4) is 0 Å². The predicted octanol–water partition coefficient (Wildman–Crippen LogP) is 2.99. The lowest BCUT2D eigenvalue weighted by molar-refractivity contribution is 0.165. The van der Waals surface area contributed by atoms with Crippen LogP contribution in [0.25, 0.3) is 0 Å². The molecule has 0 bridgehead atoms. The molecule has 1 saturated heterocycles. The highest BCUT2D eigenvalue weighted by Gasteiger charge is 2.21. The Balaban J connectivity index is 1.76. The van der Waals surface area contributed by atoms with Gasteiger partial charge in [-0.15, -0.1) is 11.3 Å². The molecule has 22 heavy (non-hydrogen) atoms. The first-order chi connectivity index (χ1) is 10.8. The quantitative estimate of drug-likeness (QED) is 0.921. The van der Waals surface area contributed by atoms with E-state index in [1.54, 1.807) is 6.33 Å². The van der Waals surface area contributed by atoms with Crippen molar-refractivity contribution in [3.63, 3.8) is 0 Å². The van der Waals surface area contributed by atoms with E-state index in [4.69, 9.17) is 0 Å². The van der Waals surface area contributed by atoms with Gasteiger partial charge in [-0.2, -0.15) is 0 Å². The Morgan fingerprint density at radius 2 is 2.09 bits per heavy atom. The van der Waals surface area contributed by atoms with Crippen molar-refractivity contribution in [2.24, 2.45) is 0 Å². The van der Waals surface area contributed by atoms with Crippen LogP contribution in [0, 0.1) is 6.92 Å². The molecule has 4 nitrogen and oxygen atoms in total. The van der Waals surface area contributed by atoms with Crippen molar-refractivity contribution in [1.82, 2.24) is 20.2 Å². The number of nitrogens with one attached hydrogen (secondary N) is 1. The molecular weight excluding hydrogens is 292 g/mol. The van der Waals surface area contributed by atoms with Crippen LogP contribution in [0.1, 0.15) is 35.3 Å². The first kappa shape index (κ1) is 15.6. The van der Waals surface area contributed by atoms with Crippen molar-refractivity contribution >= 4 is 11.3 Å². The monoisotopic (exact) mass is 316 g/mol. The molecule has 0 aliphatic carbocycles. The number of thiophene rings is 1. The highest BCUT2D eigenvalue weighted by atomic mass is 32.1. The van der Waals surface area contributed by atoms with Gasteiger partial charge in [0.15, 0.2) is 0 Å². The van der Waals surface area contributed by atoms with Gasteiger partial charge in [-0.1, -0.05) is 0 Å². The average Bonchev–Trinajstić information content (AvgIpc) is 2.79. The number of rotatable bonds is 5. The van der Waals surface area contributed by atoms with Crippen molar-refractivity contribution in [3.8, 4) is 0 Å². The average molecular weight is 316 g/mol. The van der Waals surface area contributed by atoms with Crippen molar-refractivity contribution < 1.29 is 0 Å². The summed E-state index contributed by atoms with van der Waals surface area (Å²) >= 11 is 1.87. The van der Waals surface area contributed by atoms with Gasteiger partial charge in [0, 0.05) is 42.0 Å². The van der Waals surface area contributed by atoms with Crippen LogP contribution in [0.15, 0.2) is 30.2 Å². The zero-order valence-electron chi connectivity index (χ0n) is 13.2.